The smallest absolute Gasteiger partial charge is 0.118 e. The first-order valence-corrected chi connectivity index (χ1v) is 5.62. The van der Waals surface area contributed by atoms with Crippen molar-refractivity contribution in [2.45, 2.75) is 38.4 Å². The minimum absolute atomic E-state index is 0.457. The minimum atomic E-state index is 0.457. The van der Waals surface area contributed by atoms with Crippen molar-refractivity contribution in [3.63, 3.8) is 0 Å². The molecule has 82 valence electrons. The van der Waals surface area contributed by atoms with Gasteiger partial charge in [-0.15, -0.1) is 0 Å². The number of hydrogen-bond donors (Lipinski definition) is 0. The van der Waals surface area contributed by atoms with Crippen molar-refractivity contribution in [3.05, 3.63) is 29.8 Å². The van der Waals surface area contributed by atoms with Gasteiger partial charge >= 0.3 is 0 Å². The van der Waals surface area contributed by atoms with E-state index in [-0.39, 0.29) is 0 Å². The van der Waals surface area contributed by atoms with Crippen LogP contribution in [0, 0.1) is 0 Å². The first-order valence-electron chi connectivity index (χ1n) is 5.62. The Balaban J connectivity index is 1.84. The second-order valence-corrected chi connectivity index (χ2v) is 4.05. The average molecular weight is 206 g/mol. The van der Waals surface area contributed by atoms with Crippen LogP contribution in [0.4, 0.5) is 0 Å². The van der Waals surface area contributed by atoms with Gasteiger partial charge in [0.1, 0.15) is 5.75 Å². The molecule has 2 heteroatoms. The van der Waals surface area contributed by atoms with Crippen LogP contribution in [0.2, 0.25) is 0 Å². The first kappa shape index (κ1) is 10.5. The molecule has 1 heterocycles. The summed E-state index contributed by atoms with van der Waals surface area (Å²) < 4.78 is 10.7. The van der Waals surface area contributed by atoms with Crippen LogP contribution in [-0.4, -0.2) is 19.3 Å². The molecule has 0 amide bonds. The highest BCUT2D eigenvalue weighted by Crippen LogP contribution is 2.29. The van der Waals surface area contributed by atoms with Crippen LogP contribution >= 0.6 is 0 Å². The molecule has 1 aliphatic rings. The molecule has 2 rings (SSSR count). The van der Waals surface area contributed by atoms with Gasteiger partial charge in [-0.25, -0.2) is 0 Å². The van der Waals surface area contributed by atoms with Crippen molar-refractivity contribution in [1.29, 1.82) is 0 Å². The van der Waals surface area contributed by atoms with Gasteiger partial charge in [-0.2, -0.15) is 0 Å². The third kappa shape index (κ3) is 2.72. The maximum Gasteiger partial charge on any atom is 0.118 e. The van der Waals surface area contributed by atoms with Crippen LogP contribution < -0.4 is 4.74 Å². The molecule has 1 fully saturated rings. The van der Waals surface area contributed by atoms with Gasteiger partial charge < -0.3 is 9.47 Å². The van der Waals surface area contributed by atoms with E-state index < -0.39 is 0 Å². The molecule has 1 saturated heterocycles. The van der Waals surface area contributed by atoms with Crippen LogP contribution in [0.25, 0.3) is 0 Å². The molecule has 1 aromatic rings. The van der Waals surface area contributed by atoms with Gasteiger partial charge in [0, 0.05) is 6.42 Å². The molecule has 2 atom stereocenters. The van der Waals surface area contributed by atoms with E-state index in [0.717, 1.165) is 12.2 Å². The van der Waals surface area contributed by atoms with Crippen LogP contribution in [-0.2, 0) is 11.2 Å². The zero-order valence-electron chi connectivity index (χ0n) is 9.40. The lowest BCUT2D eigenvalue weighted by Crippen LogP contribution is -1.98. The summed E-state index contributed by atoms with van der Waals surface area (Å²) in [5.41, 5.74) is 1.33. The number of epoxide rings is 1. The van der Waals surface area contributed by atoms with Crippen molar-refractivity contribution < 1.29 is 9.47 Å². The van der Waals surface area contributed by atoms with E-state index in [0.29, 0.717) is 12.2 Å². The predicted octanol–water partition coefficient (Wildman–Crippen LogP) is 2.81. The van der Waals surface area contributed by atoms with Crippen molar-refractivity contribution >= 4 is 0 Å². The molecule has 1 aromatic carbocycles. The third-order valence-corrected chi connectivity index (χ3v) is 2.86. The molecular formula is C13H18O2. The maximum absolute atomic E-state index is 5.59. The normalized spacial score (nSPS) is 23.9. The van der Waals surface area contributed by atoms with Gasteiger partial charge in [0.25, 0.3) is 0 Å². The third-order valence-electron chi connectivity index (χ3n) is 2.86. The minimum Gasteiger partial charge on any atom is -0.497 e. The highest BCUT2D eigenvalue weighted by atomic mass is 16.6. The van der Waals surface area contributed by atoms with Crippen LogP contribution in [0.5, 0.6) is 5.75 Å². The molecule has 0 aromatic heterocycles. The monoisotopic (exact) mass is 206 g/mol. The summed E-state index contributed by atoms with van der Waals surface area (Å²) in [4.78, 5) is 0. The number of methoxy groups -OCH3 is 1. The van der Waals surface area contributed by atoms with Crippen molar-refractivity contribution in [1.82, 2.24) is 0 Å². The second-order valence-electron chi connectivity index (χ2n) is 4.05. The number of ether oxygens (including phenoxy) is 2. The summed E-state index contributed by atoms with van der Waals surface area (Å²) in [5.74, 6) is 0.917. The van der Waals surface area contributed by atoms with Crippen molar-refractivity contribution in [2.75, 3.05) is 7.11 Å². The average Bonchev–Trinajstić information content (AvgIpc) is 2.98. The van der Waals surface area contributed by atoms with E-state index in [2.05, 4.69) is 19.1 Å². The molecular weight excluding hydrogens is 188 g/mol. The first-order chi connectivity index (χ1) is 7.33. The Labute approximate surface area is 91.2 Å². The van der Waals surface area contributed by atoms with Gasteiger partial charge in [0.2, 0.25) is 0 Å². The molecule has 0 unspecified atom stereocenters. The van der Waals surface area contributed by atoms with Gasteiger partial charge in [-0.3, -0.25) is 0 Å². The van der Waals surface area contributed by atoms with E-state index in [1.807, 2.05) is 12.1 Å². The molecule has 2 nitrogen and oxygen atoms in total. The largest absolute Gasteiger partial charge is 0.497 e. The number of rotatable bonds is 5. The summed E-state index contributed by atoms with van der Waals surface area (Å²) in [7, 11) is 1.69. The fourth-order valence-corrected chi connectivity index (χ4v) is 1.89. The number of benzene rings is 1. The van der Waals surface area contributed by atoms with Crippen LogP contribution in [0.1, 0.15) is 25.3 Å². The van der Waals surface area contributed by atoms with Crippen molar-refractivity contribution in [3.8, 4) is 5.75 Å². The van der Waals surface area contributed by atoms with E-state index >= 15 is 0 Å². The lowest BCUT2D eigenvalue weighted by molar-refractivity contribution is 0.361. The molecule has 0 bridgehead atoms. The van der Waals surface area contributed by atoms with Gasteiger partial charge in [-0.05, 0) is 24.1 Å². The van der Waals surface area contributed by atoms with Gasteiger partial charge in [0.05, 0.1) is 19.3 Å². The molecule has 0 aliphatic carbocycles. The SMILES string of the molecule is CCC[C@H]1O[C@@H]1Cc1ccc(OC)cc1. The Morgan fingerprint density at radius 3 is 2.53 bits per heavy atom. The summed E-state index contributed by atoms with van der Waals surface area (Å²) in [6.45, 7) is 2.20. The lowest BCUT2D eigenvalue weighted by atomic mass is 10.1. The molecule has 0 radical (unpaired) electrons. The van der Waals surface area contributed by atoms with E-state index in [1.165, 1.54) is 18.4 Å². The van der Waals surface area contributed by atoms with Gasteiger partial charge in [-0.1, -0.05) is 25.5 Å². The summed E-state index contributed by atoms with van der Waals surface area (Å²) in [6.07, 6.45) is 4.41. The Bertz CT molecular complexity index is 305. The predicted molar refractivity (Wildman–Crippen MR) is 60.3 cm³/mol. The molecule has 0 spiro atoms. The van der Waals surface area contributed by atoms with Crippen LogP contribution in [0.3, 0.4) is 0 Å². The van der Waals surface area contributed by atoms with E-state index in [1.54, 1.807) is 7.11 Å². The molecule has 0 N–H and O–H groups in total. The summed E-state index contributed by atoms with van der Waals surface area (Å²) >= 11 is 0. The Morgan fingerprint density at radius 2 is 1.93 bits per heavy atom. The quantitative estimate of drug-likeness (QED) is 0.691. The van der Waals surface area contributed by atoms with Crippen molar-refractivity contribution in [2.24, 2.45) is 0 Å². The summed E-state index contributed by atoms with van der Waals surface area (Å²) in [5, 5.41) is 0. The molecule has 0 saturated carbocycles. The Hall–Kier alpha value is -1.02. The highest BCUT2D eigenvalue weighted by molar-refractivity contribution is 5.28. The Kier molecular flexibility index (Phi) is 3.27. The Morgan fingerprint density at radius 1 is 1.20 bits per heavy atom. The highest BCUT2D eigenvalue weighted by Gasteiger charge is 2.37. The zero-order valence-corrected chi connectivity index (χ0v) is 9.40. The van der Waals surface area contributed by atoms with Crippen LogP contribution in [0.15, 0.2) is 24.3 Å². The lowest BCUT2D eigenvalue weighted by Gasteiger charge is -2.01. The topological polar surface area (TPSA) is 21.8 Å². The fraction of sp³-hybridized carbons (Fsp3) is 0.538. The maximum atomic E-state index is 5.59. The van der Waals surface area contributed by atoms with E-state index in [9.17, 15) is 0 Å². The molecule has 15 heavy (non-hydrogen) atoms. The summed E-state index contributed by atoms with van der Waals surface area (Å²) in [6, 6.07) is 8.24. The zero-order chi connectivity index (χ0) is 10.7. The second kappa shape index (κ2) is 4.67. The van der Waals surface area contributed by atoms with E-state index in [4.69, 9.17) is 9.47 Å². The molecule has 1 aliphatic heterocycles. The fourth-order valence-electron chi connectivity index (χ4n) is 1.89. The number of hydrogen-bond acceptors (Lipinski definition) is 2. The standard InChI is InChI=1S/C13H18O2/c1-3-4-12-13(15-12)9-10-5-7-11(14-2)8-6-10/h5-8,12-13H,3-4,9H2,1-2H3/t12-,13-/m1/s1. The van der Waals surface area contributed by atoms with Gasteiger partial charge in [0.15, 0.2) is 0 Å².